The number of benzene rings is 1. The summed E-state index contributed by atoms with van der Waals surface area (Å²) in [6.07, 6.45) is 6.71. The molecule has 0 aromatic heterocycles. The molecule has 1 saturated heterocycles. The first kappa shape index (κ1) is 26.5. The lowest BCUT2D eigenvalue weighted by molar-refractivity contribution is -0.155. The molecule has 1 aromatic rings. The minimum absolute atomic E-state index is 0.000819. The van der Waals surface area contributed by atoms with Crippen molar-refractivity contribution in [3.63, 3.8) is 0 Å². The molecule has 7 atom stereocenters. The number of hydrogen-bond donors (Lipinski definition) is 3. The summed E-state index contributed by atoms with van der Waals surface area (Å²) >= 11 is 0.830. The minimum atomic E-state index is -1.66. The van der Waals surface area contributed by atoms with Gasteiger partial charge in [-0.1, -0.05) is 31.6 Å². The van der Waals surface area contributed by atoms with Crippen LogP contribution in [0, 0.1) is 28.6 Å². The molecule has 1 aromatic carbocycles. The number of imide groups is 1. The Bertz CT molecular complexity index is 1340. The van der Waals surface area contributed by atoms with Gasteiger partial charge in [-0.15, -0.1) is 0 Å². The van der Waals surface area contributed by atoms with Gasteiger partial charge >= 0.3 is 5.97 Å². The molecule has 3 N–H and O–H groups in total. The number of fused-ring (bicyclic) bond motifs is 5. The number of thioether (sulfide) groups is 1. The van der Waals surface area contributed by atoms with Gasteiger partial charge in [0.1, 0.15) is 5.75 Å². The molecular formula is C30H33NO7S. The van der Waals surface area contributed by atoms with Crippen molar-refractivity contribution in [2.75, 3.05) is 0 Å². The molecule has 2 amide bonds. The molecule has 6 rings (SSSR count). The normalized spacial score (nSPS) is 40.5. The zero-order valence-corrected chi connectivity index (χ0v) is 22.9. The Balaban J connectivity index is 1.19. The molecule has 0 radical (unpaired) electrons. The van der Waals surface area contributed by atoms with Crippen molar-refractivity contribution in [3.05, 3.63) is 46.4 Å². The molecule has 8 nitrogen and oxygen atoms in total. The summed E-state index contributed by atoms with van der Waals surface area (Å²) in [5.41, 5.74) is -0.478. The van der Waals surface area contributed by atoms with Crippen molar-refractivity contribution in [1.82, 2.24) is 5.32 Å². The number of ether oxygens (including phenoxy) is 1. The maximum absolute atomic E-state index is 13.3. The Hall–Kier alpha value is -2.75. The maximum Gasteiger partial charge on any atom is 0.343 e. The summed E-state index contributed by atoms with van der Waals surface area (Å²) in [7, 11) is 0. The van der Waals surface area contributed by atoms with Crippen LogP contribution in [0.15, 0.2) is 40.8 Å². The van der Waals surface area contributed by atoms with Gasteiger partial charge in [-0.05, 0) is 109 Å². The monoisotopic (exact) mass is 551 g/mol. The number of carbonyl (C=O) groups excluding carboxylic acids is 4. The number of rotatable bonds is 3. The SMILES string of the molecule is C[C@]12C[C@H](O)C3C(CCC4=CC(=O)CC[C@@]43C)C1C[C@](O)(C(=O)Oc1ccc(/C=C3\SC(=O)NC3=O)cc1)C2. The van der Waals surface area contributed by atoms with Crippen molar-refractivity contribution in [2.45, 2.75) is 70.5 Å². The van der Waals surface area contributed by atoms with E-state index in [0.29, 0.717) is 23.3 Å². The molecular weight excluding hydrogens is 518 g/mol. The van der Waals surface area contributed by atoms with E-state index in [1.807, 2.05) is 0 Å². The zero-order chi connectivity index (χ0) is 27.7. The van der Waals surface area contributed by atoms with Crippen molar-refractivity contribution in [2.24, 2.45) is 28.6 Å². The second kappa shape index (κ2) is 9.14. The van der Waals surface area contributed by atoms with E-state index in [0.717, 1.165) is 36.6 Å². The molecule has 1 heterocycles. The van der Waals surface area contributed by atoms with E-state index >= 15 is 0 Å². The quantitative estimate of drug-likeness (QED) is 0.290. The van der Waals surface area contributed by atoms with E-state index in [1.165, 1.54) is 0 Å². The van der Waals surface area contributed by atoms with E-state index < -0.39 is 34.2 Å². The van der Waals surface area contributed by atoms with Gasteiger partial charge in [0.25, 0.3) is 11.1 Å². The molecule has 3 unspecified atom stereocenters. The number of amides is 2. The fourth-order valence-electron chi connectivity index (χ4n) is 8.39. The third-order valence-corrected chi connectivity index (χ3v) is 10.9. The summed E-state index contributed by atoms with van der Waals surface area (Å²) in [6.45, 7) is 4.25. The third-order valence-electron chi connectivity index (χ3n) is 10.1. The highest BCUT2D eigenvalue weighted by Gasteiger charge is 2.65. The molecule has 1 aliphatic heterocycles. The lowest BCUT2D eigenvalue weighted by Gasteiger charge is -2.58. The molecule has 9 heteroatoms. The molecule has 3 saturated carbocycles. The minimum Gasteiger partial charge on any atom is -0.424 e. The van der Waals surface area contributed by atoms with Crippen LogP contribution >= 0.6 is 11.8 Å². The van der Waals surface area contributed by atoms with Crippen LogP contribution in [0.25, 0.3) is 6.08 Å². The Labute approximate surface area is 231 Å². The summed E-state index contributed by atoms with van der Waals surface area (Å²) in [5, 5.41) is 24.8. The van der Waals surface area contributed by atoms with Crippen LogP contribution in [-0.4, -0.2) is 44.8 Å². The highest BCUT2D eigenvalue weighted by Crippen LogP contribution is 2.66. The molecule has 0 bridgehead atoms. The first-order valence-electron chi connectivity index (χ1n) is 13.6. The van der Waals surface area contributed by atoms with E-state index in [-0.39, 0.29) is 47.5 Å². The van der Waals surface area contributed by atoms with Crippen LogP contribution in [0.2, 0.25) is 0 Å². The first-order valence-corrected chi connectivity index (χ1v) is 14.4. The average molecular weight is 552 g/mol. The molecule has 5 aliphatic rings. The Morgan fingerprint density at radius 1 is 1.13 bits per heavy atom. The van der Waals surface area contributed by atoms with Crippen LogP contribution in [0.1, 0.15) is 64.4 Å². The predicted molar refractivity (Wildman–Crippen MR) is 144 cm³/mol. The topological polar surface area (TPSA) is 130 Å². The molecule has 0 spiro atoms. The van der Waals surface area contributed by atoms with Crippen LogP contribution < -0.4 is 10.1 Å². The van der Waals surface area contributed by atoms with Crippen molar-refractivity contribution >= 4 is 40.7 Å². The molecule has 206 valence electrons. The van der Waals surface area contributed by atoms with E-state index in [2.05, 4.69) is 19.2 Å². The number of allylic oxidation sites excluding steroid dienone is 1. The zero-order valence-electron chi connectivity index (χ0n) is 22.1. The van der Waals surface area contributed by atoms with Gasteiger partial charge in [-0.2, -0.15) is 0 Å². The van der Waals surface area contributed by atoms with Crippen molar-refractivity contribution in [1.29, 1.82) is 0 Å². The van der Waals surface area contributed by atoms with Gasteiger partial charge in [0.05, 0.1) is 11.0 Å². The van der Waals surface area contributed by atoms with Crippen molar-refractivity contribution in [3.8, 4) is 5.75 Å². The summed E-state index contributed by atoms with van der Waals surface area (Å²) in [6, 6.07) is 6.54. The summed E-state index contributed by atoms with van der Waals surface area (Å²) < 4.78 is 5.64. The fraction of sp³-hybridized carbons (Fsp3) is 0.533. The Morgan fingerprint density at radius 3 is 2.56 bits per heavy atom. The second-order valence-corrected chi connectivity index (χ2v) is 13.6. The molecule has 4 fully saturated rings. The van der Waals surface area contributed by atoms with Gasteiger partial charge in [0.15, 0.2) is 11.4 Å². The van der Waals surface area contributed by atoms with Crippen LogP contribution in [-0.2, 0) is 14.4 Å². The molecule has 4 aliphatic carbocycles. The first-order chi connectivity index (χ1) is 18.4. The smallest absolute Gasteiger partial charge is 0.343 e. The standard InChI is InChI=1S/C30H33NO7S/c1-28-14-22(33)24-20(8-5-17-12-18(32)9-10-29(17,24)2)21(28)13-30(37,15-28)26(35)38-19-6-3-16(4-7-19)11-23-25(34)31-27(36)39-23/h3-4,6-7,11-12,20-22,24,33,37H,5,8-10,13-15H2,1-2H3,(H,31,34,36)/b23-11-/t20?,21?,22-,24?,28+,29-,30+/m0/s1. The van der Waals surface area contributed by atoms with E-state index in [4.69, 9.17) is 4.74 Å². The highest BCUT2D eigenvalue weighted by molar-refractivity contribution is 8.18. The highest BCUT2D eigenvalue weighted by atomic mass is 32.2. The number of aliphatic hydroxyl groups excluding tert-OH is 1. The lowest BCUT2D eigenvalue weighted by atomic mass is 9.46. The summed E-state index contributed by atoms with van der Waals surface area (Å²) in [5.74, 6) is -0.484. The van der Waals surface area contributed by atoms with Crippen LogP contribution in [0.3, 0.4) is 0 Å². The van der Waals surface area contributed by atoms with Gasteiger partial charge in [0.2, 0.25) is 0 Å². The Kier molecular flexibility index (Phi) is 6.21. The van der Waals surface area contributed by atoms with Gasteiger partial charge in [-0.25, -0.2) is 4.79 Å². The number of esters is 1. The van der Waals surface area contributed by atoms with Crippen LogP contribution in [0.5, 0.6) is 5.75 Å². The number of nitrogens with one attached hydrogen (secondary N) is 1. The summed E-state index contributed by atoms with van der Waals surface area (Å²) in [4.78, 5) is 48.9. The number of aliphatic hydroxyl groups is 2. The predicted octanol–water partition coefficient (Wildman–Crippen LogP) is 4.15. The third kappa shape index (κ3) is 4.39. The van der Waals surface area contributed by atoms with E-state index in [9.17, 15) is 29.4 Å². The van der Waals surface area contributed by atoms with Crippen LogP contribution in [0.4, 0.5) is 4.79 Å². The lowest BCUT2D eigenvalue weighted by Crippen LogP contribution is -2.55. The number of carbonyl (C=O) groups is 4. The number of ketones is 1. The van der Waals surface area contributed by atoms with Gasteiger partial charge in [-0.3, -0.25) is 19.7 Å². The van der Waals surface area contributed by atoms with Crippen molar-refractivity contribution < 1.29 is 34.1 Å². The van der Waals surface area contributed by atoms with Gasteiger partial charge < -0.3 is 14.9 Å². The van der Waals surface area contributed by atoms with Gasteiger partial charge in [0, 0.05) is 6.42 Å². The second-order valence-electron chi connectivity index (χ2n) is 12.5. The fourth-order valence-corrected chi connectivity index (χ4v) is 9.07. The Morgan fingerprint density at radius 2 is 1.87 bits per heavy atom. The maximum atomic E-state index is 13.3. The average Bonchev–Trinajstić information content (AvgIpc) is 3.34. The van der Waals surface area contributed by atoms with E-state index in [1.54, 1.807) is 36.4 Å². The largest absolute Gasteiger partial charge is 0.424 e. The number of hydrogen-bond acceptors (Lipinski definition) is 8. The molecule has 39 heavy (non-hydrogen) atoms.